The van der Waals surface area contributed by atoms with E-state index in [1.165, 1.54) is 17.3 Å². The number of benzene rings is 2. The number of fused-ring (bicyclic) bond motifs is 2. The summed E-state index contributed by atoms with van der Waals surface area (Å²) in [5.74, 6) is 2.59. The van der Waals surface area contributed by atoms with Gasteiger partial charge in [0.1, 0.15) is 24.5 Å². The second-order valence-corrected chi connectivity index (χ2v) is 9.55. The van der Waals surface area contributed by atoms with Crippen LogP contribution in [0.4, 0.5) is 0 Å². The summed E-state index contributed by atoms with van der Waals surface area (Å²) in [7, 11) is 1.62. The van der Waals surface area contributed by atoms with Gasteiger partial charge in [0, 0.05) is 61.5 Å². The zero-order chi connectivity index (χ0) is 25.9. The number of aryl methyl sites for hydroxylation is 2. The van der Waals surface area contributed by atoms with Crippen LogP contribution in [0.2, 0.25) is 0 Å². The Bertz CT molecular complexity index is 1430. The number of methoxy groups -OCH3 is 1. The molecule has 9 heteroatoms. The lowest BCUT2D eigenvalue weighted by Crippen LogP contribution is -2.48. The number of carbonyl (C=O) groups is 1. The molecule has 2 aromatic heterocycles. The van der Waals surface area contributed by atoms with Crippen molar-refractivity contribution in [3.8, 4) is 23.1 Å². The number of nitrogens with zero attached hydrogens (tertiary/aromatic N) is 4. The normalized spacial score (nSPS) is 14.8. The molecule has 4 aromatic rings. The quantitative estimate of drug-likeness (QED) is 0.365. The maximum atomic E-state index is 11.3. The second kappa shape index (κ2) is 10.7. The number of Topliss-reactive ketones (excluding diaryl/α,β-unsaturated/α-hetero) is 1. The van der Waals surface area contributed by atoms with Crippen molar-refractivity contribution in [2.75, 3.05) is 53.0 Å². The molecular weight excluding hydrogens is 470 g/mol. The van der Waals surface area contributed by atoms with Crippen LogP contribution >= 0.6 is 0 Å². The van der Waals surface area contributed by atoms with E-state index in [0.717, 1.165) is 49.3 Å². The number of ketones is 1. The Morgan fingerprint density at radius 1 is 1.00 bits per heavy atom. The predicted octanol–water partition coefficient (Wildman–Crippen LogP) is 4.11. The van der Waals surface area contributed by atoms with Crippen molar-refractivity contribution in [3.05, 3.63) is 47.9 Å². The molecule has 2 aromatic carbocycles. The Labute approximate surface area is 216 Å². The molecule has 0 radical (unpaired) electrons. The molecule has 0 bridgehead atoms. The predicted molar refractivity (Wildman–Crippen MR) is 143 cm³/mol. The molecule has 0 spiro atoms. The van der Waals surface area contributed by atoms with Gasteiger partial charge in [0.2, 0.25) is 5.88 Å². The highest BCUT2D eigenvalue weighted by atomic mass is 16.5. The van der Waals surface area contributed by atoms with E-state index in [4.69, 9.17) is 14.2 Å². The fourth-order valence-corrected chi connectivity index (χ4v) is 4.79. The average molecular weight is 504 g/mol. The van der Waals surface area contributed by atoms with Crippen LogP contribution in [0.15, 0.2) is 36.7 Å². The first-order valence-electron chi connectivity index (χ1n) is 12.6. The summed E-state index contributed by atoms with van der Waals surface area (Å²) in [5, 5.41) is 1.92. The highest BCUT2D eigenvalue weighted by Gasteiger charge is 2.18. The van der Waals surface area contributed by atoms with E-state index in [1.54, 1.807) is 14.0 Å². The molecule has 1 saturated heterocycles. The molecule has 0 aliphatic carbocycles. The first kappa shape index (κ1) is 25.0. The lowest BCUT2D eigenvalue weighted by atomic mass is 10.1. The van der Waals surface area contributed by atoms with Gasteiger partial charge in [-0.15, -0.1) is 0 Å². The summed E-state index contributed by atoms with van der Waals surface area (Å²) in [6.07, 6.45) is 1.50. The van der Waals surface area contributed by atoms with Crippen molar-refractivity contribution in [2.24, 2.45) is 0 Å². The van der Waals surface area contributed by atoms with Crippen LogP contribution in [0.5, 0.6) is 23.1 Å². The van der Waals surface area contributed by atoms with Gasteiger partial charge in [0.05, 0.1) is 24.6 Å². The number of hydrogen-bond acceptors (Lipinski definition) is 8. The number of ether oxygens (including phenoxy) is 3. The number of aromatic nitrogens is 3. The number of rotatable bonds is 9. The van der Waals surface area contributed by atoms with Gasteiger partial charge in [-0.3, -0.25) is 14.6 Å². The number of carbonyl (C=O) groups excluding carboxylic acids is 1. The van der Waals surface area contributed by atoms with E-state index in [2.05, 4.69) is 44.7 Å². The molecule has 9 nitrogen and oxygen atoms in total. The van der Waals surface area contributed by atoms with Gasteiger partial charge in [-0.2, -0.15) is 0 Å². The second-order valence-electron chi connectivity index (χ2n) is 9.55. The molecule has 0 amide bonds. The van der Waals surface area contributed by atoms with E-state index in [0.29, 0.717) is 41.8 Å². The van der Waals surface area contributed by atoms with Gasteiger partial charge in [0.25, 0.3) is 0 Å². The molecule has 1 N–H and O–H groups in total. The topological polar surface area (TPSA) is 92.8 Å². The Kier molecular flexibility index (Phi) is 7.25. The Hall–Kier alpha value is -3.69. The van der Waals surface area contributed by atoms with Gasteiger partial charge >= 0.3 is 0 Å². The molecule has 1 fully saturated rings. The highest BCUT2D eigenvalue weighted by Crippen LogP contribution is 2.36. The third-order valence-electron chi connectivity index (χ3n) is 6.95. The lowest BCUT2D eigenvalue weighted by Gasteiger charge is -2.34. The summed E-state index contributed by atoms with van der Waals surface area (Å²) >= 11 is 0. The number of hydrogen-bond donors (Lipinski definition) is 1. The van der Waals surface area contributed by atoms with Gasteiger partial charge in [-0.1, -0.05) is 0 Å². The third kappa shape index (κ3) is 5.52. The smallest absolute Gasteiger partial charge is 0.230 e. The monoisotopic (exact) mass is 503 g/mol. The SMILES string of the molecule is COc1cc2c(Oc3ccc4c(C)c(C)[nH]c4c3)ncnc2cc1OCCN1CCN(CC(C)=O)CC1. The molecule has 5 rings (SSSR count). The fourth-order valence-electron chi connectivity index (χ4n) is 4.79. The molecule has 37 heavy (non-hydrogen) atoms. The van der Waals surface area contributed by atoms with Crippen LogP contribution in [-0.4, -0.2) is 83.5 Å². The van der Waals surface area contributed by atoms with Gasteiger partial charge in [0.15, 0.2) is 11.5 Å². The van der Waals surface area contributed by atoms with E-state index in [-0.39, 0.29) is 5.78 Å². The maximum absolute atomic E-state index is 11.3. The van der Waals surface area contributed by atoms with Crippen LogP contribution < -0.4 is 14.2 Å². The molecule has 0 atom stereocenters. The lowest BCUT2D eigenvalue weighted by molar-refractivity contribution is -0.118. The number of nitrogens with one attached hydrogen (secondary N) is 1. The summed E-state index contributed by atoms with van der Waals surface area (Å²) in [5.41, 5.74) is 4.12. The first-order valence-corrected chi connectivity index (χ1v) is 12.6. The van der Waals surface area contributed by atoms with Crippen molar-refractivity contribution in [1.82, 2.24) is 24.8 Å². The summed E-state index contributed by atoms with van der Waals surface area (Å²) in [6, 6.07) is 9.72. The number of aromatic amines is 1. The van der Waals surface area contributed by atoms with Crippen LogP contribution in [0.1, 0.15) is 18.2 Å². The Balaban J connectivity index is 1.28. The zero-order valence-corrected chi connectivity index (χ0v) is 21.8. The molecular formula is C28H33N5O4. The molecule has 0 unspecified atom stereocenters. The first-order chi connectivity index (χ1) is 17.9. The molecule has 3 heterocycles. The summed E-state index contributed by atoms with van der Waals surface area (Å²) in [4.78, 5) is 28.1. The third-order valence-corrected chi connectivity index (χ3v) is 6.95. The summed E-state index contributed by atoms with van der Waals surface area (Å²) < 4.78 is 17.9. The van der Waals surface area contributed by atoms with Gasteiger partial charge in [-0.25, -0.2) is 9.97 Å². The zero-order valence-electron chi connectivity index (χ0n) is 21.8. The minimum absolute atomic E-state index is 0.212. The highest BCUT2D eigenvalue weighted by molar-refractivity contribution is 5.88. The van der Waals surface area contributed by atoms with Crippen LogP contribution in [0, 0.1) is 13.8 Å². The Morgan fingerprint density at radius 3 is 2.54 bits per heavy atom. The Morgan fingerprint density at radius 2 is 1.78 bits per heavy atom. The average Bonchev–Trinajstić information content (AvgIpc) is 3.17. The van der Waals surface area contributed by atoms with E-state index >= 15 is 0 Å². The van der Waals surface area contributed by atoms with Crippen molar-refractivity contribution in [1.29, 1.82) is 0 Å². The van der Waals surface area contributed by atoms with E-state index in [9.17, 15) is 4.79 Å². The molecule has 194 valence electrons. The minimum Gasteiger partial charge on any atom is -0.493 e. The number of piperazine rings is 1. The maximum Gasteiger partial charge on any atom is 0.230 e. The van der Waals surface area contributed by atoms with Gasteiger partial charge in [-0.05, 0) is 44.5 Å². The minimum atomic E-state index is 0.212. The summed E-state index contributed by atoms with van der Waals surface area (Å²) in [6.45, 7) is 11.3. The van der Waals surface area contributed by atoms with Crippen LogP contribution in [0.25, 0.3) is 21.8 Å². The van der Waals surface area contributed by atoms with Gasteiger partial charge < -0.3 is 19.2 Å². The molecule has 1 aliphatic heterocycles. The van der Waals surface area contributed by atoms with E-state index in [1.807, 2.05) is 24.3 Å². The number of H-pyrrole nitrogens is 1. The van der Waals surface area contributed by atoms with Crippen molar-refractivity contribution in [3.63, 3.8) is 0 Å². The standard InChI is InChI=1S/C28H33N5O4/c1-18(34)16-33-9-7-32(8-10-33)11-12-36-27-15-24-23(14-26(27)35-4)28(30-17-29-24)37-21-5-6-22-19(2)20(3)31-25(22)13-21/h5-6,13-15,17,31H,7-12,16H2,1-4H3. The molecule has 0 saturated carbocycles. The molecule has 1 aliphatic rings. The van der Waals surface area contributed by atoms with Crippen LogP contribution in [-0.2, 0) is 4.79 Å². The fraction of sp³-hybridized carbons (Fsp3) is 0.393. The van der Waals surface area contributed by atoms with Crippen LogP contribution in [0.3, 0.4) is 0 Å². The largest absolute Gasteiger partial charge is 0.493 e. The van der Waals surface area contributed by atoms with Crippen molar-refractivity contribution in [2.45, 2.75) is 20.8 Å². The van der Waals surface area contributed by atoms with E-state index < -0.39 is 0 Å². The van der Waals surface area contributed by atoms with Crippen molar-refractivity contribution >= 4 is 27.6 Å². The van der Waals surface area contributed by atoms with Crippen molar-refractivity contribution < 1.29 is 19.0 Å².